The molecule has 0 spiro atoms. The van der Waals surface area contributed by atoms with Crippen molar-refractivity contribution >= 4 is 0 Å². The summed E-state index contributed by atoms with van der Waals surface area (Å²) in [4.78, 5) is 0. The van der Waals surface area contributed by atoms with Crippen LogP contribution >= 0.6 is 0 Å². The second-order valence-electron chi connectivity index (χ2n) is 6.81. The summed E-state index contributed by atoms with van der Waals surface area (Å²) >= 11 is 0. The molecule has 23 heavy (non-hydrogen) atoms. The molecule has 2 fully saturated rings. The Bertz CT molecular complexity index is 736. The molecule has 0 aliphatic heterocycles. The van der Waals surface area contributed by atoms with Crippen LogP contribution in [0.1, 0.15) is 80.7 Å². The van der Waals surface area contributed by atoms with Gasteiger partial charge in [0.1, 0.15) is 23.3 Å². The molecule has 3 heteroatoms. The summed E-state index contributed by atoms with van der Waals surface area (Å²) in [5.41, 5.74) is -0.748. The van der Waals surface area contributed by atoms with Crippen molar-refractivity contribution in [2.24, 2.45) is 17.8 Å². The SMILES string of the molecule is [2H]C1([2H])CC2CC(CCC)CCC2C([2H])([2H])C1c1cc(F)c(C#N)c(F)c1. The zero-order valence-electron chi connectivity index (χ0n) is 17.4. The minimum Gasteiger partial charge on any atom is -0.205 e. The van der Waals surface area contributed by atoms with Crippen molar-refractivity contribution < 1.29 is 14.3 Å². The third-order valence-electron chi connectivity index (χ3n) is 5.26. The lowest BCUT2D eigenvalue weighted by atomic mass is 9.63. The molecule has 4 unspecified atom stereocenters. The fraction of sp³-hybridized carbons (Fsp3) is 0.650. The Morgan fingerprint density at radius 2 is 1.96 bits per heavy atom. The number of nitriles is 1. The molecule has 0 aromatic heterocycles. The molecule has 0 heterocycles. The Hall–Kier alpha value is -1.43. The molecule has 0 saturated heterocycles. The summed E-state index contributed by atoms with van der Waals surface area (Å²) in [7, 11) is 0. The molecule has 0 N–H and O–H groups in total. The summed E-state index contributed by atoms with van der Waals surface area (Å²) in [6, 6.07) is 3.33. The first-order valence-electron chi connectivity index (χ1n) is 10.5. The van der Waals surface area contributed by atoms with E-state index in [0.717, 1.165) is 37.8 Å². The Morgan fingerprint density at radius 3 is 2.61 bits per heavy atom. The summed E-state index contributed by atoms with van der Waals surface area (Å²) < 4.78 is 62.8. The molecule has 124 valence electrons. The lowest BCUT2D eigenvalue weighted by Gasteiger charge is -2.42. The topological polar surface area (TPSA) is 23.8 Å². The van der Waals surface area contributed by atoms with Gasteiger partial charge in [-0.15, -0.1) is 0 Å². The molecule has 1 nitrogen and oxygen atoms in total. The van der Waals surface area contributed by atoms with Gasteiger partial charge in [-0.2, -0.15) is 5.26 Å². The van der Waals surface area contributed by atoms with E-state index in [1.807, 2.05) is 0 Å². The van der Waals surface area contributed by atoms with Crippen LogP contribution < -0.4 is 0 Å². The third kappa shape index (κ3) is 3.42. The van der Waals surface area contributed by atoms with Crippen LogP contribution in [0.25, 0.3) is 0 Å². The first-order chi connectivity index (χ1) is 12.6. The van der Waals surface area contributed by atoms with Crippen molar-refractivity contribution in [3.63, 3.8) is 0 Å². The van der Waals surface area contributed by atoms with E-state index >= 15 is 0 Å². The van der Waals surface area contributed by atoms with E-state index in [9.17, 15) is 8.78 Å². The fourth-order valence-corrected chi connectivity index (χ4v) is 4.10. The Kier molecular flexibility index (Phi) is 3.65. The van der Waals surface area contributed by atoms with Crippen LogP contribution in [-0.2, 0) is 0 Å². The van der Waals surface area contributed by atoms with E-state index in [4.69, 9.17) is 10.7 Å². The highest BCUT2D eigenvalue weighted by atomic mass is 19.1. The zero-order valence-corrected chi connectivity index (χ0v) is 13.4. The van der Waals surface area contributed by atoms with Crippen LogP contribution in [-0.4, -0.2) is 0 Å². The molecule has 2 aliphatic carbocycles. The predicted molar refractivity (Wildman–Crippen MR) is 86.9 cm³/mol. The van der Waals surface area contributed by atoms with Crippen LogP contribution in [0.4, 0.5) is 8.78 Å². The van der Waals surface area contributed by atoms with E-state index in [2.05, 4.69) is 6.92 Å². The van der Waals surface area contributed by atoms with Gasteiger partial charge < -0.3 is 0 Å². The Labute approximate surface area is 143 Å². The number of rotatable bonds is 3. The Morgan fingerprint density at radius 1 is 1.22 bits per heavy atom. The van der Waals surface area contributed by atoms with Crippen LogP contribution in [0, 0.1) is 40.7 Å². The second-order valence-corrected chi connectivity index (χ2v) is 6.81. The number of halogens is 2. The quantitative estimate of drug-likeness (QED) is 0.676. The van der Waals surface area contributed by atoms with Gasteiger partial charge in [-0.25, -0.2) is 8.78 Å². The number of benzene rings is 1. The van der Waals surface area contributed by atoms with E-state index in [-0.39, 0.29) is 23.8 Å². The van der Waals surface area contributed by atoms with Crippen LogP contribution in [0.2, 0.25) is 0 Å². The highest BCUT2D eigenvalue weighted by Crippen LogP contribution is 2.48. The third-order valence-corrected chi connectivity index (χ3v) is 5.26. The maximum atomic E-state index is 14.1. The van der Waals surface area contributed by atoms with E-state index < -0.39 is 35.9 Å². The maximum Gasteiger partial charge on any atom is 0.144 e. The van der Waals surface area contributed by atoms with Gasteiger partial charge in [0.2, 0.25) is 0 Å². The molecular formula is C20H25F2N. The zero-order chi connectivity index (χ0) is 20.0. The predicted octanol–water partition coefficient (Wildman–Crippen LogP) is 5.94. The summed E-state index contributed by atoms with van der Waals surface area (Å²) in [6.07, 6.45) is 0.934. The van der Waals surface area contributed by atoms with Crippen molar-refractivity contribution in [1.82, 2.24) is 0 Å². The smallest absolute Gasteiger partial charge is 0.144 e. The molecule has 0 bridgehead atoms. The van der Waals surface area contributed by atoms with Crippen molar-refractivity contribution in [3.8, 4) is 6.07 Å². The van der Waals surface area contributed by atoms with Gasteiger partial charge in [-0.3, -0.25) is 0 Å². The first-order valence-corrected chi connectivity index (χ1v) is 8.50. The standard InChI is InChI=1S/C20H25F2N/c1-2-3-13-4-5-15-9-16(7-6-14(15)8-13)17-10-19(21)18(12-23)20(22)11-17/h10-11,13-16H,2-9H2,1H3/i7D2,9D2. The molecule has 2 saturated carbocycles. The minimum absolute atomic E-state index is 0.0341. The lowest BCUT2D eigenvalue weighted by molar-refractivity contribution is 0.114. The molecule has 2 aliphatic rings. The normalized spacial score (nSPS) is 37.5. The number of hydrogen-bond acceptors (Lipinski definition) is 1. The van der Waals surface area contributed by atoms with Crippen LogP contribution in [0.5, 0.6) is 0 Å². The summed E-state index contributed by atoms with van der Waals surface area (Å²) in [6.45, 7) is 2.12. The first kappa shape index (κ1) is 12.0. The van der Waals surface area contributed by atoms with Crippen molar-refractivity contribution in [3.05, 3.63) is 34.9 Å². The highest BCUT2D eigenvalue weighted by Gasteiger charge is 2.36. The molecular weight excluding hydrogens is 292 g/mol. The van der Waals surface area contributed by atoms with E-state index in [1.54, 1.807) is 0 Å². The maximum absolute atomic E-state index is 14.1. The van der Waals surface area contributed by atoms with Crippen molar-refractivity contribution in [1.29, 1.82) is 5.26 Å². The number of fused-ring (bicyclic) bond motifs is 1. The van der Waals surface area contributed by atoms with Gasteiger partial charge >= 0.3 is 0 Å². The number of nitrogens with zero attached hydrogens (tertiary/aromatic N) is 1. The van der Waals surface area contributed by atoms with E-state index in [1.165, 1.54) is 6.07 Å². The molecule has 1 aromatic rings. The second kappa shape index (κ2) is 6.99. The number of hydrogen-bond donors (Lipinski definition) is 0. The minimum atomic E-state index is -1.91. The molecule has 1 aromatic carbocycles. The lowest BCUT2D eigenvalue weighted by Crippen LogP contribution is -2.30. The van der Waals surface area contributed by atoms with E-state index in [0.29, 0.717) is 12.3 Å². The highest BCUT2D eigenvalue weighted by molar-refractivity contribution is 5.36. The summed E-state index contributed by atoms with van der Waals surface area (Å²) in [5.74, 6) is -3.25. The average molecular weight is 321 g/mol. The monoisotopic (exact) mass is 321 g/mol. The van der Waals surface area contributed by atoms with Gasteiger partial charge in [0.25, 0.3) is 0 Å². The van der Waals surface area contributed by atoms with Crippen LogP contribution in [0.15, 0.2) is 12.1 Å². The van der Waals surface area contributed by atoms with Gasteiger partial charge in [0, 0.05) is 5.48 Å². The van der Waals surface area contributed by atoms with Gasteiger partial charge in [0.15, 0.2) is 0 Å². The Balaban J connectivity index is 1.99. The molecule has 0 radical (unpaired) electrons. The summed E-state index contributed by atoms with van der Waals surface area (Å²) in [5, 5.41) is 8.85. The van der Waals surface area contributed by atoms with Gasteiger partial charge in [-0.05, 0) is 73.4 Å². The molecule has 4 atom stereocenters. The van der Waals surface area contributed by atoms with Crippen molar-refractivity contribution in [2.45, 2.75) is 64.1 Å². The average Bonchev–Trinajstić information content (AvgIpc) is 2.53. The molecule has 0 amide bonds. The van der Waals surface area contributed by atoms with Crippen molar-refractivity contribution in [2.75, 3.05) is 0 Å². The largest absolute Gasteiger partial charge is 0.205 e. The fourth-order valence-electron chi connectivity index (χ4n) is 4.10. The molecule has 3 rings (SSSR count). The van der Waals surface area contributed by atoms with Crippen LogP contribution in [0.3, 0.4) is 0 Å². The van der Waals surface area contributed by atoms with Gasteiger partial charge in [-0.1, -0.05) is 26.2 Å². The van der Waals surface area contributed by atoms with Gasteiger partial charge in [0.05, 0.1) is 0 Å².